The van der Waals surface area contributed by atoms with Gasteiger partial charge >= 0.3 is 0 Å². The highest BCUT2D eigenvalue weighted by atomic mass is 32.2. The normalized spacial score (nSPS) is 26.1. The number of nitrogen functional groups attached to an aromatic ring is 1. The van der Waals surface area contributed by atoms with Crippen molar-refractivity contribution in [1.29, 1.82) is 0 Å². The van der Waals surface area contributed by atoms with Gasteiger partial charge in [-0.1, -0.05) is 0 Å². The molecule has 6 heteroatoms. The Morgan fingerprint density at radius 3 is 2.62 bits per heavy atom. The van der Waals surface area contributed by atoms with E-state index in [1.54, 1.807) is 11.8 Å². The summed E-state index contributed by atoms with van der Waals surface area (Å²) < 4.78 is 9.95. The third-order valence-corrected chi connectivity index (χ3v) is 4.43. The molecule has 0 aromatic carbocycles. The molecule has 1 aromatic rings. The van der Waals surface area contributed by atoms with E-state index < -0.39 is 0 Å². The first-order valence-corrected chi connectivity index (χ1v) is 7.31. The molecule has 0 unspecified atom stereocenters. The monoisotopic (exact) mass is 259 g/mol. The van der Waals surface area contributed by atoms with Crippen molar-refractivity contribution in [2.75, 3.05) is 30.0 Å². The lowest BCUT2D eigenvalue weighted by Crippen LogP contribution is -2.45. The predicted octanol–water partition coefficient (Wildman–Crippen LogP) is 2.06. The molecule has 1 aromatic heterocycles. The lowest BCUT2D eigenvalue weighted by Gasteiger charge is -2.36. The molecule has 16 heavy (non-hydrogen) atoms. The number of nitrogens with zero attached hydrogens (tertiary/aromatic N) is 2. The molecule has 0 bridgehead atoms. The molecule has 4 nitrogen and oxygen atoms in total. The Balaban J connectivity index is 2.22. The van der Waals surface area contributed by atoms with Crippen LogP contribution in [0.15, 0.2) is 4.90 Å². The van der Waals surface area contributed by atoms with Crippen LogP contribution in [0.1, 0.15) is 13.8 Å². The van der Waals surface area contributed by atoms with Gasteiger partial charge in [-0.15, -0.1) is 11.8 Å². The van der Waals surface area contributed by atoms with Crippen molar-refractivity contribution in [3.8, 4) is 0 Å². The fourth-order valence-corrected chi connectivity index (χ4v) is 3.73. The first kappa shape index (κ1) is 12.0. The smallest absolute Gasteiger partial charge is 0.153 e. The summed E-state index contributed by atoms with van der Waals surface area (Å²) in [5, 5.41) is 1.19. The van der Waals surface area contributed by atoms with Crippen molar-refractivity contribution in [2.45, 2.75) is 31.0 Å². The van der Waals surface area contributed by atoms with Gasteiger partial charge in [0.05, 0.1) is 17.1 Å². The van der Waals surface area contributed by atoms with Crippen molar-refractivity contribution >= 4 is 34.1 Å². The molecular formula is C10H17N3OS2. The molecular weight excluding hydrogens is 242 g/mol. The summed E-state index contributed by atoms with van der Waals surface area (Å²) in [6.45, 7) is 6.04. The standard InChI is InChI=1S/C10H17N3OS2/c1-6-4-13(5-7(2)14-6)10-8(15-3)9(11)12-16-10/h6-7H,4-5H2,1-3H3,(H2,11,12)/t6-,7+. The summed E-state index contributed by atoms with van der Waals surface area (Å²) in [4.78, 5) is 3.44. The summed E-state index contributed by atoms with van der Waals surface area (Å²) in [6, 6.07) is 0. The van der Waals surface area contributed by atoms with Gasteiger partial charge in [-0.3, -0.25) is 0 Å². The number of morpholine rings is 1. The van der Waals surface area contributed by atoms with Crippen molar-refractivity contribution in [2.24, 2.45) is 0 Å². The molecule has 1 aliphatic heterocycles. The maximum atomic E-state index is 5.85. The Morgan fingerprint density at radius 2 is 2.06 bits per heavy atom. The Labute approximate surface area is 104 Å². The molecule has 1 fully saturated rings. The predicted molar refractivity (Wildman–Crippen MR) is 70.5 cm³/mol. The minimum Gasteiger partial charge on any atom is -0.382 e. The maximum Gasteiger partial charge on any atom is 0.153 e. The minimum atomic E-state index is 0.266. The van der Waals surface area contributed by atoms with Crippen LogP contribution in [0.2, 0.25) is 0 Å². The van der Waals surface area contributed by atoms with E-state index >= 15 is 0 Å². The average molecular weight is 259 g/mol. The van der Waals surface area contributed by atoms with Crippen LogP contribution < -0.4 is 10.6 Å². The average Bonchev–Trinajstić information content (AvgIpc) is 2.58. The lowest BCUT2D eigenvalue weighted by molar-refractivity contribution is -0.00513. The van der Waals surface area contributed by atoms with Gasteiger partial charge in [-0.2, -0.15) is 4.37 Å². The number of rotatable bonds is 2. The number of hydrogen-bond acceptors (Lipinski definition) is 6. The number of nitrogens with two attached hydrogens (primary N) is 1. The quantitative estimate of drug-likeness (QED) is 0.824. The number of thioether (sulfide) groups is 1. The van der Waals surface area contributed by atoms with E-state index in [0.717, 1.165) is 18.0 Å². The number of aromatic nitrogens is 1. The molecule has 2 N–H and O–H groups in total. The zero-order chi connectivity index (χ0) is 11.7. The third-order valence-electron chi connectivity index (χ3n) is 2.57. The second-order valence-corrected chi connectivity index (χ2v) is 5.64. The van der Waals surface area contributed by atoms with Gasteiger partial charge in [-0.05, 0) is 31.6 Å². The van der Waals surface area contributed by atoms with Crippen LogP contribution in [0.5, 0.6) is 0 Å². The van der Waals surface area contributed by atoms with E-state index in [-0.39, 0.29) is 12.2 Å². The molecule has 2 atom stereocenters. The molecule has 0 spiro atoms. The highest BCUT2D eigenvalue weighted by Crippen LogP contribution is 2.38. The first-order chi connectivity index (χ1) is 7.61. The van der Waals surface area contributed by atoms with Crippen molar-refractivity contribution in [1.82, 2.24) is 4.37 Å². The SMILES string of the molecule is CSc1c(N)nsc1N1C[C@@H](C)O[C@@H](C)C1. The zero-order valence-corrected chi connectivity index (χ0v) is 11.4. The largest absolute Gasteiger partial charge is 0.382 e. The van der Waals surface area contributed by atoms with E-state index in [0.29, 0.717) is 5.82 Å². The molecule has 1 aliphatic rings. The molecule has 1 saturated heterocycles. The van der Waals surface area contributed by atoms with Gasteiger partial charge in [0.15, 0.2) is 5.82 Å². The molecule has 0 aliphatic carbocycles. The first-order valence-electron chi connectivity index (χ1n) is 5.31. The van der Waals surface area contributed by atoms with E-state index in [1.807, 2.05) is 6.26 Å². The number of hydrogen-bond donors (Lipinski definition) is 1. The van der Waals surface area contributed by atoms with Crippen LogP contribution in [0.3, 0.4) is 0 Å². The second kappa shape index (κ2) is 4.81. The van der Waals surface area contributed by atoms with Crippen LogP contribution in [-0.4, -0.2) is 35.9 Å². The molecule has 0 amide bonds. The maximum absolute atomic E-state index is 5.85. The highest BCUT2D eigenvalue weighted by Gasteiger charge is 2.26. The van der Waals surface area contributed by atoms with Crippen molar-refractivity contribution < 1.29 is 4.74 Å². The van der Waals surface area contributed by atoms with Gasteiger partial charge in [0.1, 0.15) is 5.00 Å². The fourth-order valence-electron chi connectivity index (χ4n) is 2.02. The van der Waals surface area contributed by atoms with Crippen molar-refractivity contribution in [3.63, 3.8) is 0 Å². The van der Waals surface area contributed by atoms with Crippen LogP contribution in [0, 0.1) is 0 Å². The Morgan fingerprint density at radius 1 is 1.44 bits per heavy atom. The van der Waals surface area contributed by atoms with Crippen LogP contribution in [0.25, 0.3) is 0 Å². The molecule has 0 saturated carbocycles. The van der Waals surface area contributed by atoms with Crippen LogP contribution >= 0.6 is 23.3 Å². The highest BCUT2D eigenvalue weighted by molar-refractivity contribution is 7.99. The molecule has 2 heterocycles. The summed E-state index contributed by atoms with van der Waals surface area (Å²) in [7, 11) is 0. The van der Waals surface area contributed by atoms with Crippen LogP contribution in [0.4, 0.5) is 10.8 Å². The zero-order valence-electron chi connectivity index (χ0n) is 9.77. The van der Waals surface area contributed by atoms with E-state index in [1.165, 1.54) is 16.5 Å². The minimum absolute atomic E-state index is 0.266. The van der Waals surface area contributed by atoms with Crippen LogP contribution in [-0.2, 0) is 4.74 Å². The molecule has 2 rings (SSSR count). The molecule has 0 radical (unpaired) electrons. The van der Waals surface area contributed by atoms with Crippen molar-refractivity contribution in [3.05, 3.63) is 0 Å². The lowest BCUT2D eigenvalue weighted by atomic mass is 10.2. The van der Waals surface area contributed by atoms with Gasteiger partial charge in [-0.25, -0.2) is 0 Å². The van der Waals surface area contributed by atoms with Gasteiger partial charge < -0.3 is 15.4 Å². The number of anilines is 2. The van der Waals surface area contributed by atoms with Gasteiger partial charge in [0.25, 0.3) is 0 Å². The van der Waals surface area contributed by atoms with Gasteiger partial charge in [0.2, 0.25) is 0 Å². The second-order valence-electron chi connectivity index (χ2n) is 4.07. The molecule has 90 valence electrons. The van der Waals surface area contributed by atoms with E-state index in [9.17, 15) is 0 Å². The third kappa shape index (κ3) is 2.28. The Kier molecular flexibility index (Phi) is 3.61. The summed E-state index contributed by atoms with van der Waals surface area (Å²) >= 11 is 3.15. The van der Waals surface area contributed by atoms with Gasteiger partial charge in [0, 0.05) is 13.1 Å². The van der Waals surface area contributed by atoms with E-state index in [4.69, 9.17) is 10.5 Å². The Bertz CT molecular complexity index is 359. The topological polar surface area (TPSA) is 51.4 Å². The fraction of sp³-hybridized carbons (Fsp3) is 0.700. The summed E-state index contributed by atoms with van der Waals surface area (Å²) in [5.74, 6) is 0.652. The van der Waals surface area contributed by atoms with E-state index in [2.05, 4.69) is 23.1 Å². The number of ether oxygens (including phenoxy) is 1. The summed E-state index contributed by atoms with van der Waals surface area (Å²) in [6.07, 6.45) is 2.57. The Hall–Kier alpha value is -0.460. The summed E-state index contributed by atoms with van der Waals surface area (Å²) in [5.41, 5.74) is 5.85.